The van der Waals surface area contributed by atoms with Gasteiger partial charge in [0.05, 0.1) is 16.2 Å². The number of nitro benzene ring substituents is 1. The number of nitrogens with one attached hydrogen (secondary N) is 1. The monoisotopic (exact) mass is 286 g/mol. The first kappa shape index (κ1) is 13.8. The van der Waals surface area contributed by atoms with E-state index in [2.05, 4.69) is 10.4 Å². The van der Waals surface area contributed by atoms with E-state index in [1.165, 1.54) is 17.2 Å². The van der Waals surface area contributed by atoms with Crippen molar-refractivity contribution in [3.05, 3.63) is 52.1 Å². The third-order valence-electron chi connectivity index (χ3n) is 2.48. The summed E-state index contributed by atoms with van der Waals surface area (Å²) < 4.78 is 39.1. The zero-order valence-electron chi connectivity index (χ0n) is 10.2. The minimum atomic E-state index is -4.57. The summed E-state index contributed by atoms with van der Waals surface area (Å²) in [6.45, 7) is 1.68. The van der Waals surface area contributed by atoms with E-state index in [1.54, 1.807) is 6.92 Å². The second-order valence-corrected chi connectivity index (χ2v) is 4.02. The van der Waals surface area contributed by atoms with Crippen LogP contribution in [0.4, 0.5) is 24.5 Å². The molecule has 9 heteroatoms. The molecule has 1 N–H and O–H groups in total. The molecule has 20 heavy (non-hydrogen) atoms. The van der Waals surface area contributed by atoms with E-state index in [-0.39, 0.29) is 5.69 Å². The van der Waals surface area contributed by atoms with Gasteiger partial charge in [-0.3, -0.25) is 20.2 Å². The topological polar surface area (TPSA) is 73.0 Å². The van der Waals surface area contributed by atoms with Crippen molar-refractivity contribution in [2.24, 2.45) is 0 Å². The lowest BCUT2D eigenvalue weighted by Crippen LogP contribution is -2.11. The van der Waals surface area contributed by atoms with Crippen LogP contribution in [0.15, 0.2) is 30.7 Å². The molecule has 0 amide bonds. The summed E-state index contributed by atoms with van der Waals surface area (Å²) in [7, 11) is 0. The van der Waals surface area contributed by atoms with Crippen molar-refractivity contribution in [1.82, 2.24) is 9.66 Å². The highest BCUT2D eigenvalue weighted by Gasteiger charge is 2.32. The minimum absolute atomic E-state index is 0.262. The molecule has 2 rings (SSSR count). The lowest BCUT2D eigenvalue weighted by molar-refractivity contribution is -0.384. The molecule has 0 saturated carbocycles. The van der Waals surface area contributed by atoms with Crippen LogP contribution in [-0.2, 0) is 6.18 Å². The normalized spacial score (nSPS) is 11.4. The maximum Gasteiger partial charge on any atom is 0.416 e. The fourth-order valence-corrected chi connectivity index (χ4v) is 1.58. The molecule has 0 aliphatic rings. The number of nitrogens with zero attached hydrogens (tertiary/aromatic N) is 3. The Morgan fingerprint density at radius 1 is 1.40 bits per heavy atom. The van der Waals surface area contributed by atoms with Crippen LogP contribution in [0, 0.1) is 17.0 Å². The lowest BCUT2D eigenvalue weighted by atomic mass is 10.1. The van der Waals surface area contributed by atoms with Gasteiger partial charge in [0, 0.05) is 12.3 Å². The van der Waals surface area contributed by atoms with Gasteiger partial charge in [0.1, 0.15) is 12.0 Å². The number of hydrogen-bond acceptors (Lipinski definition) is 4. The Kier molecular flexibility index (Phi) is 3.35. The first-order chi connectivity index (χ1) is 9.27. The molecule has 6 nitrogen and oxygen atoms in total. The molecule has 0 spiro atoms. The third kappa shape index (κ3) is 2.87. The molecule has 0 unspecified atom stereocenters. The van der Waals surface area contributed by atoms with Gasteiger partial charge in [0.15, 0.2) is 0 Å². The summed E-state index contributed by atoms with van der Waals surface area (Å²) in [5, 5.41) is 10.8. The van der Waals surface area contributed by atoms with Crippen molar-refractivity contribution in [2.75, 3.05) is 5.43 Å². The number of nitro groups is 1. The number of imidazole rings is 1. The van der Waals surface area contributed by atoms with Gasteiger partial charge < -0.3 is 0 Å². The van der Waals surface area contributed by atoms with Crippen LogP contribution in [0.3, 0.4) is 0 Å². The number of aryl methyl sites for hydroxylation is 1. The van der Waals surface area contributed by atoms with Gasteiger partial charge in [0.2, 0.25) is 0 Å². The van der Waals surface area contributed by atoms with E-state index in [4.69, 9.17) is 0 Å². The van der Waals surface area contributed by atoms with Crippen LogP contribution in [0.25, 0.3) is 0 Å². The zero-order chi connectivity index (χ0) is 14.9. The molecule has 1 aromatic heterocycles. The first-order valence-electron chi connectivity index (χ1n) is 5.40. The van der Waals surface area contributed by atoms with Crippen LogP contribution in [0.1, 0.15) is 11.3 Å². The highest BCUT2D eigenvalue weighted by atomic mass is 19.4. The van der Waals surface area contributed by atoms with Gasteiger partial charge in [-0.25, -0.2) is 4.98 Å². The summed E-state index contributed by atoms with van der Waals surface area (Å²) >= 11 is 0. The Morgan fingerprint density at radius 2 is 2.10 bits per heavy atom. The molecule has 1 aromatic carbocycles. The average molecular weight is 286 g/mol. The van der Waals surface area contributed by atoms with Crippen LogP contribution in [0.2, 0.25) is 0 Å². The Hall–Kier alpha value is -2.58. The fraction of sp³-hybridized carbons (Fsp3) is 0.182. The van der Waals surface area contributed by atoms with E-state index in [0.29, 0.717) is 17.8 Å². The van der Waals surface area contributed by atoms with Crippen molar-refractivity contribution in [3.63, 3.8) is 0 Å². The van der Waals surface area contributed by atoms with E-state index < -0.39 is 22.4 Å². The Bertz CT molecular complexity index is 651. The zero-order valence-corrected chi connectivity index (χ0v) is 10.2. The molecule has 0 aliphatic heterocycles. The molecule has 1 heterocycles. The van der Waals surface area contributed by atoms with Crippen LogP contribution < -0.4 is 5.43 Å². The van der Waals surface area contributed by atoms with E-state index in [0.717, 1.165) is 6.07 Å². The van der Waals surface area contributed by atoms with Gasteiger partial charge in [-0.1, -0.05) is 0 Å². The number of hydrogen-bond donors (Lipinski definition) is 1. The summed E-state index contributed by atoms with van der Waals surface area (Å²) in [5.41, 5.74) is 1.43. The van der Waals surface area contributed by atoms with Crippen molar-refractivity contribution >= 4 is 11.4 Å². The average Bonchev–Trinajstić information content (AvgIpc) is 2.73. The van der Waals surface area contributed by atoms with Crippen molar-refractivity contribution in [3.8, 4) is 0 Å². The van der Waals surface area contributed by atoms with Gasteiger partial charge in [0.25, 0.3) is 5.69 Å². The Balaban J connectivity index is 2.44. The molecule has 0 bridgehead atoms. The van der Waals surface area contributed by atoms with Crippen LogP contribution in [0.5, 0.6) is 0 Å². The van der Waals surface area contributed by atoms with E-state index in [1.807, 2.05) is 0 Å². The van der Waals surface area contributed by atoms with Gasteiger partial charge in [-0.2, -0.15) is 13.2 Å². The number of rotatable bonds is 3. The molecule has 0 atom stereocenters. The van der Waals surface area contributed by atoms with E-state index >= 15 is 0 Å². The van der Waals surface area contributed by atoms with Crippen LogP contribution >= 0.6 is 0 Å². The molecule has 0 radical (unpaired) electrons. The second kappa shape index (κ2) is 4.83. The number of benzene rings is 1. The summed E-state index contributed by atoms with van der Waals surface area (Å²) in [6.07, 6.45) is -1.78. The Labute approximate surface area is 111 Å². The molecule has 2 aromatic rings. The van der Waals surface area contributed by atoms with Crippen LogP contribution in [-0.4, -0.2) is 14.6 Å². The first-order valence-corrected chi connectivity index (χ1v) is 5.40. The van der Waals surface area contributed by atoms with Crippen molar-refractivity contribution in [2.45, 2.75) is 13.1 Å². The third-order valence-corrected chi connectivity index (χ3v) is 2.48. The van der Waals surface area contributed by atoms with Crippen molar-refractivity contribution in [1.29, 1.82) is 0 Å². The SMILES string of the molecule is Cc1cn(Nc2cc(C(F)(F)F)ccc2[N+](=O)[O-])cn1. The largest absolute Gasteiger partial charge is 0.416 e. The molecule has 0 fully saturated rings. The van der Waals surface area contributed by atoms with E-state index in [9.17, 15) is 23.3 Å². The van der Waals surface area contributed by atoms with Crippen molar-refractivity contribution < 1.29 is 18.1 Å². The second-order valence-electron chi connectivity index (χ2n) is 4.02. The maximum atomic E-state index is 12.6. The molecule has 0 saturated heterocycles. The highest BCUT2D eigenvalue weighted by molar-refractivity contribution is 5.62. The van der Waals surface area contributed by atoms with Gasteiger partial charge >= 0.3 is 6.18 Å². The summed E-state index contributed by atoms with van der Waals surface area (Å²) in [4.78, 5) is 13.9. The fourth-order valence-electron chi connectivity index (χ4n) is 1.58. The number of anilines is 1. The predicted octanol–water partition coefficient (Wildman–Crippen LogP) is 2.99. The number of aromatic nitrogens is 2. The quantitative estimate of drug-likeness (QED) is 0.695. The molecule has 0 aliphatic carbocycles. The number of halogens is 3. The summed E-state index contributed by atoms with van der Waals surface area (Å²) in [6, 6.07) is 2.17. The summed E-state index contributed by atoms with van der Waals surface area (Å²) in [5.74, 6) is 0. The molecule has 106 valence electrons. The Morgan fingerprint density at radius 3 is 2.60 bits per heavy atom. The molecular formula is C11H9F3N4O2. The standard InChI is InChI=1S/C11H9F3N4O2/c1-7-5-17(6-15-7)16-9-4-8(11(12,13)14)2-3-10(9)18(19)20/h2-6,16H,1H3. The predicted molar refractivity (Wildman–Crippen MR) is 64.1 cm³/mol. The maximum absolute atomic E-state index is 12.6. The smallest absolute Gasteiger partial charge is 0.287 e. The minimum Gasteiger partial charge on any atom is -0.287 e. The van der Waals surface area contributed by atoms with Gasteiger partial charge in [-0.15, -0.1) is 0 Å². The highest BCUT2D eigenvalue weighted by Crippen LogP contribution is 2.34. The van der Waals surface area contributed by atoms with Gasteiger partial charge in [-0.05, 0) is 19.1 Å². The molecular weight excluding hydrogens is 277 g/mol. The number of alkyl halides is 3. The lowest BCUT2D eigenvalue weighted by Gasteiger charge is -2.11.